The van der Waals surface area contributed by atoms with E-state index in [-0.39, 0.29) is 23.3 Å². The second kappa shape index (κ2) is 14.6. The van der Waals surface area contributed by atoms with E-state index < -0.39 is 59.7 Å². The van der Waals surface area contributed by atoms with Crippen molar-refractivity contribution < 1.29 is 38.6 Å². The number of carboxylic acid groups (broad SMARTS) is 1. The van der Waals surface area contributed by atoms with E-state index in [1.165, 1.54) is 21.6 Å². The molecule has 11 nitrogen and oxygen atoms in total. The Hall–Kier alpha value is -2.15. The van der Waals surface area contributed by atoms with Gasteiger partial charge in [0.05, 0.1) is 0 Å². The summed E-state index contributed by atoms with van der Waals surface area (Å²) in [6.45, 7) is 15.5. The Morgan fingerprint density at radius 2 is 1.39 bits per heavy atom. The lowest BCUT2D eigenvalue weighted by Crippen LogP contribution is -2.50. The molecule has 0 rings (SSSR count). The monoisotopic (exact) mass is 551 g/mol. The van der Waals surface area contributed by atoms with Gasteiger partial charge in [-0.2, -0.15) is 0 Å². The van der Waals surface area contributed by atoms with Gasteiger partial charge in [-0.15, -0.1) is 0 Å². The number of carbonyl (C=O) groups is 5. The normalized spacial score (nSPS) is 13.7. The third-order valence-corrected chi connectivity index (χ3v) is 7.00. The maximum atomic E-state index is 12.7. The van der Waals surface area contributed by atoms with Gasteiger partial charge in [-0.05, 0) is 48.0 Å². The summed E-state index contributed by atoms with van der Waals surface area (Å²) in [6, 6.07) is -2.15. The third-order valence-electron chi connectivity index (χ3n) is 3.65. The molecule has 0 aromatic rings. The Bertz CT molecular complexity index is 786. The van der Waals surface area contributed by atoms with Crippen LogP contribution in [0.3, 0.4) is 0 Å². The van der Waals surface area contributed by atoms with Gasteiger partial charge in [-0.1, -0.05) is 42.4 Å². The zero-order valence-corrected chi connectivity index (χ0v) is 24.2. The van der Waals surface area contributed by atoms with Crippen LogP contribution in [-0.4, -0.2) is 75.3 Å². The molecule has 0 bridgehead atoms. The number of rotatable bonds is 12. The summed E-state index contributed by atoms with van der Waals surface area (Å²) < 4.78 is 10.5. The first-order chi connectivity index (χ1) is 16.2. The Morgan fingerprint density at radius 1 is 0.833 bits per heavy atom. The highest BCUT2D eigenvalue weighted by Gasteiger charge is 2.30. The van der Waals surface area contributed by atoms with Gasteiger partial charge in [0, 0.05) is 16.9 Å². The molecule has 0 heterocycles. The summed E-state index contributed by atoms with van der Waals surface area (Å²) in [4.78, 5) is 60.8. The second-order valence-electron chi connectivity index (χ2n) is 11.0. The summed E-state index contributed by atoms with van der Waals surface area (Å²) in [5.74, 6) is -2.92. The van der Waals surface area contributed by atoms with Crippen molar-refractivity contribution in [2.75, 3.05) is 12.3 Å². The van der Waals surface area contributed by atoms with Gasteiger partial charge in [-0.25, -0.2) is 9.59 Å². The molecule has 0 saturated heterocycles. The van der Waals surface area contributed by atoms with Crippen LogP contribution in [0.4, 0.5) is 4.79 Å². The number of ether oxygens (including phenoxy) is 2. The first kappa shape index (κ1) is 33.8. The number of hydrogen-bond acceptors (Lipinski definition) is 9. The molecule has 3 amide bonds. The van der Waals surface area contributed by atoms with Crippen molar-refractivity contribution in [1.82, 2.24) is 16.0 Å². The third kappa shape index (κ3) is 18.2. The van der Waals surface area contributed by atoms with Crippen LogP contribution in [0.1, 0.15) is 75.2 Å². The summed E-state index contributed by atoms with van der Waals surface area (Å²) in [5.41, 5.74) is -1.61. The number of esters is 1. The second-order valence-corrected chi connectivity index (χ2v) is 14.2. The minimum Gasteiger partial charge on any atom is -0.480 e. The molecule has 208 valence electrons. The molecule has 0 aliphatic heterocycles. The molecule has 4 N–H and O–H groups in total. The number of carbonyl (C=O) groups excluding carboxylic acids is 4. The molecule has 0 saturated carbocycles. The van der Waals surface area contributed by atoms with Gasteiger partial charge in [0.15, 0.2) is 0 Å². The molecule has 0 radical (unpaired) electrons. The highest BCUT2D eigenvalue weighted by Crippen LogP contribution is 2.35. The highest BCUT2D eigenvalue weighted by molar-refractivity contribution is 8.77. The van der Waals surface area contributed by atoms with Gasteiger partial charge in [0.1, 0.15) is 29.8 Å². The van der Waals surface area contributed by atoms with Crippen LogP contribution in [0.5, 0.6) is 0 Å². The van der Waals surface area contributed by atoms with Crippen LogP contribution in [0, 0.1) is 0 Å². The first-order valence-corrected chi connectivity index (χ1v) is 13.8. The van der Waals surface area contributed by atoms with E-state index in [0.717, 1.165) is 0 Å². The van der Waals surface area contributed by atoms with E-state index in [2.05, 4.69) is 16.0 Å². The predicted molar refractivity (Wildman–Crippen MR) is 141 cm³/mol. The molecular formula is C23H41N3O8S2. The molecule has 2 atom stereocenters. The predicted octanol–water partition coefficient (Wildman–Crippen LogP) is 2.87. The van der Waals surface area contributed by atoms with Crippen molar-refractivity contribution >= 4 is 51.4 Å². The van der Waals surface area contributed by atoms with E-state index in [1.54, 1.807) is 41.5 Å². The topological polar surface area (TPSA) is 160 Å². The average molecular weight is 552 g/mol. The SMILES string of the molecule is CC(C)(C)OC(=O)N[C@@H](CCC(=O)N[C@@H](CSSC(C)(C)C)C(=O)NCC(=O)O)C(=O)OC(C)(C)C. The van der Waals surface area contributed by atoms with Crippen molar-refractivity contribution in [3.05, 3.63) is 0 Å². The zero-order chi connectivity index (χ0) is 28.3. The lowest BCUT2D eigenvalue weighted by molar-refractivity contribution is -0.157. The van der Waals surface area contributed by atoms with Gasteiger partial charge < -0.3 is 30.5 Å². The molecular weight excluding hydrogens is 510 g/mol. The van der Waals surface area contributed by atoms with E-state index in [1.807, 2.05) is 20.8 Å². The van der Waals surface area contributed by atoms with Crippen LogP contribution >= 0.6 is 21.6 Å². The van der Waals surface area contributed by atoms with Gasteiger partial charge >= 0.3 is 18.0 Å². The summed E-state index contributed by atoms with van der Waals surface area (Å²) in [7, 11) is 2.88. The molecule has 0 aromatic heterocycles. The summed E-state index contributed by atoms with van der Waals surface area (Å²) in [5, 5.41) is 16.1. The lowest BCUT2D eigenvalue weighted by Gasteiger charge is -2.26. The van der Waals surface area contributed by atoms with Crippen LogP contribution in [0.15, 0.2) is 0 Å². The number of aliphatic carboxylic acids is 1. The molecule has 0 unspecified atom stereocenters. The molecule has 36 heavy (non-hydrogen) atoms. The van der Waals surface area contributed by atoms with Gasteiger partial charge in [0.2, 0.25) is 11.8 Å². The standard InChI is InChI=1S/C23H41N3O8S2/c1-21(2,3)33-19(31)14(26-20(32)34-22(4,5)6)10-11-16(27)25-15(13-35-36-23(7,8)9)18(30)24-12-17(28)29/h14-15H,10-13H2,1-9H3,(H,24,30)(H,25,27)(H,26,32)(H,28,29)/t14-,15-/m0/s1. The van der Waals surface area contributed by atoms with Crippen molar-refractivity contribution in [2.45, 2.75) is 103 Å². The first-order valence-electron chi connectivity index (χ1n) is 11.5. The Labute approximate surface area is 221 Å². The fourth-order valence-corrected chi connectivity index (χ4v) is 4.83. The van der Waals surface area contributed by atoms with Gasteiger partial charge in [-0.3, -0.25) is 14.4 Å². The maximum Gasteiger partial charge on any atom is 0.408 e. The molecule has 0 aliphatic rings. The van der Waals surface area contributed by atoms with Crippen molar-refractivity contribution in [3.8, 4) is 0 Å². The van der Waals surface area contributed by atoms with Crippen LogP contribution in [-0.2, 0) is 28.7 Å². The number of alkyl carbamates (subject to hydrolysis) is 1. The van der Waals surface area contributed by atoms with E-state index in [4.69, 9.17) is 14.6 Å². The average Bonchev–Trinajstić information content (AvgIpc) is 2.64. The van der Waals surface area contributed by atoms with Crippen molar-refractivity contribution in [2.24, 2.45) is 0 Å². The highest BCUT2D eigenvalue weighted by atomic mass is 33.1. The van der Waals surface area contributed by atoms with Crippen LogP contribution < -0.4 is 16.0 Å². The molecule has 0 aliphatic carbocycles. The van der Waals surface area contributed by atoms with Gasteiger partial charge in [0.25, 0.3) is 0 Å². The minimum absolute atomic E-state index is 0.0925. The van der Waals surface area contributed by atoms with E-state index >= 15 is 0 Å². The molecule has 0 aromatic carbocycles. The maximum absolute atomic E-state index is 12.7. The number of carboxylic acids is 1. The fraction of sp³-hybridized carbons (Fsp3) is 0.783. The smallest absolute Gasteiger partial charge is 0.408 e. The largest absolute Gasteiger partial charge is 0.480 e. The number of hydrogen-bond donors (Lipinski definition) is 4. The fourth-order valence-electron chi connectivity index (χ4n) is 2.36. The number of nitrogens with one attached hydrogen (secondary N) is 3. The molecule has 0 spiro atoms. The van der Waals surface area contributed by atoms with E-state index in [9.17, 15) is 24.0 Å². The van der Waals surface area contributed by atoms with Crippen LogP contribution in [0.2, 0.25) is 0 Å². The van der Waals surface area contributed by atoms with Crippen LogP contribution in [0.25, 0.3) is 0 Å². The minimum atomic E-state index is -1.21. The number of amides is 3. The van der Waals surface area contributed by atoms with E-state index in [0.29, 0.717) is 0 Å². The Morgan fingerprint density at radius 3 is 1.86 bits per heavy atom. The van der Waals surface area contributed by atoms with Crippen molar-refractivity contribution in [1.29, 1.82) is 0 Å². The Balaban J connectivity index is 5.30. The molecule has 0 fully saturated rings. The Kier molecular flexibility index (Phi) is 13.7. The van der Waals surface area contributed by atoms with Crippen molar-refractivity contribution in [3.63, 3.8) is 0 Å². The molecule has 13 heteroatoms. The summed E-state index contributed by atoms with van der Waals surface area (Å²) >= 11 is 0. The lowest BCUT2D eigenvalue weighted by atomic mass is 10.1. The zero-order valence-electron chi connectivity index (χ0n) is 22.6. The summed E-state index contributed by atoms with van der Waals surface area (Å²) in [6.07, 6.45) is -1.15. The quantitative estimate of drug-likeness (QED) is 0.210.